The Balaban J connectivity index is 1.77. The largest absolute Gasteiger partial charge is 0.352 e. The fraction of sp³-hybridized carbons (Fsp3) is 0.125. The Hall–Kier alpha value is -1.85. The molecule has 0 radical (unpaired) electrons. The van der Waals surface area contributed by atoms with Crippen LogP contribution in [-0.4, -0.2) is 17.4 Å². The molecule has 0 saturated heterocycles. The first-order chi connectivity index (χ1) is 10.3. The number of thiophene rings is 1. The molecular weight excluding hydrogens is 300 g/mol. The van der Waals surface area contributed by atoms with Gasteiger partial charge in [-0.25, -0.2) is 0 Å². The van der Waals surface area contributed by atoms with E-state index in [0.29, 0.717) is 12.1 Å². The van der Waals surface area contributed by atoms with Crippen molar-refractivity contribution in [2.45, 2.75) is 11.3 Å². The van der Waals surface area contributed by atoms with Gasteiger partial charge in [-0.1, -0.05) is 18.2 Å². The predicted octanol–water partition coefficient (Wildman–Crippen LogP) is 3.56. The minimum Gasteiger partial charge on any atom is -0.352 e. The van der Waals surface area contributed by atoms with Crippen molar-refractivity contribution in [3.8, 4) is 0 Å². The molecule has 1 N–H and O–H groups in total. The van der Waals surface area contributed by atoms with E-state index in [-0.39, 0.29) is 5.91 Å². The SMILES string of the molecule is O=C(NCCc1cccs1)c1ccnc2c(S)cccc12. The monoisotopic (exact) mass is 314 g/mol. The van der Waals surface area contributed by atoms with Gasteiger partial charge < -0.3 is 5.32 Å². The summed E-state index contributed by atoms with van der Waals surface area (Å²) in [6, 6.07) is 11.5. The molecule has 0 aliphatic carbocycles. The smallest absolute Gasteiger partial charge is 0.252 e. The molecule has 0 aliphatic rings. The maximum Gasteiger partial charge on any atom is 0.252 e. The number of aromatic nitrogens is 1. The second-order valence-corrected chi connectivity index (χ2v) is 6.13. The first-order valence-electron chi connectivity index (χ1n) is 6.63. The van der Waals surface area contributed by atoms with E-state index in [0.717, 1.165) is 22.2 Å². The first kappa shape index (κ1) is 14.1. The fourth-order valence-corrected chi connectivity index (χ4v) is 3.18. The van der Waals surface area contributed by atoms with Crippen LogP contribution < -0.4 is 5.32 Å². The van der Waals surface area contributed by atoms with Crippen LogP contribution in [-0.2, 0) is 6.42 Å². The molecule has 106 valence electrons. The van der Waals surface area contributed by atoms with Crippen LogP contribution in [0.25, 0.3) is 10.9 Å². The van der Waals surface area contributed by atoms with Crippen LogP contribution in [0, 0.1) is 0 Å². The third kappa shape index (κ3) is 3.09. The van der Waals surface area contributed by atoms with E-state index in [1.54, 1.807) is 23.6 Å². The zero-order chi connectivity index (χ0) is 14.7. The maximum atomic E-state index is 12.3. The third-order valence-corrected chi connectivity index (χ3v) is 4.53. The minimum absolute atomic E-state index is 0.0714. The predicted molar refractivity (Wildman–Crippen MR) is 89.4 cm³/mol. The number of rotatable bonds is 4. The Morgan fingerprint density at radius 2 is 2.14 bits per heavy atom. The number of thiol groups is 1. The van der Waals surface area contributed by atoms with Crippen LogP contribution in [0.3, 0.4) is 0 Å². The molecule has 1 amide bonds. The van der Waals surface area contributed by atoms with Gasteiger partial charge in [-0.3, -0.25) is 9.78 Å². The van der Waals surface area contributed by atoms with Crippen molar-refractivity contribution in [3.63, 3.8) is 0 Å². The fourth-order valence-electron chi connectivity index (χ4n) is 2.21. The van der Waals surface area contributed by atoms with E-state index in [9.17, 15) is 4.79 Å². The molecule has 2 aromatic heterocycles. The lowest BCUT2D eigenvalue weighted by Gasteiger charge is -2.08. The molecule has 0 bridgehead atoms. The molecule has 0 fully saturated rings. The maximum absolute atomic E-state index is 12.3. The van der Waals surface area contributed by atoms with Crippen LogP contribution in [0.5, 0.6) is 0 Å². The van der Waals surface area contributed by atoms with Crippen LogP contribution in [0.1, 0.15) is 15.2 Å². The lowest BCUT2D eigenvalue weighted by atomic mass is 10.1. The summed E-state index contributed by atoms with van der Waals surface area (Å²) >= 11 is 6.09. The molecule has 21 heavy (non-hydrogen) atoms. The van der Waals surface area contributed by atoms with Crippen molar-refractivity contribution in [1.82, 2.24) is 10.3 Å². The van der Waals surface area contributed by atoms with Gasteiger partial charge in [0.05, 0.1) is 11.1 Å². The third-order valence-electron chi connectivity index (χ3n) is 3.23. The lowest BCUT2D eigenvalue weighted by Crippen LogP contribution is -2.25. The van der Waals surface area contributed by atoms with E-state index >= 15 is 0 Å². The first-order valence-corrected chi connectivity index (χ1v) is 7.95. The summed E-state index contributed by atoms with van der Waals surface area (Å²) in [5.41, 5.74) is 1.40. The summed E-state index contributed by atoms with van der Waals surface area (Å²) in [7, 11) is 0. The summed E-state index contributed by atoms with van der Waals surface area (Å²) in [4.78, 5) is 18.7. The average Bonchev–Trinajstić information content (AvgIpc) is 3.00. The number of para-hydroxylation sites is 1. The number of carbonyl (C=O) groups excluding carboxylic acids is 1. The Morgan fingerprint density at radius 3 is 2.95 bits per heavy atom. The number of benzene rings is 1. The highest BCUT2D eigenvalue weighted by molar-refractivity contribution is 7.80. The number of amides is 1. The van der Waals surface area contributed by atoms with Crippen LogP contribution >= 0.6 is 24.0 Å². The number of pyridine rings is 1. The van der Waals surface area contributed by atoms with Crippen molar-refractivity contribution in [2.24, 2.45) is 0 Å². The Morgan fingerprint density at radius 1 is 1.24 bits per heavy atom. The normalized spacial score (nSPS) is 10.7. The summed E-state index contributed by atoms with van der Waals surface area (Å²) in [5.74, 6) is -0.0714. The number of fused-ring (bicyclic) bond motifs is 1. The van der Waals surface area contributed by atoms with Crippen molar-refractivity contribution < 1.29 is 4.79 Å². The molecule has 1 aromatic carbocycles. The number of hydrogen-bond acceptors (Lipinski definition) is 4. The van der Waals surface area contributed by atoms with Crippen molar-refractivity contribution in [3.05, 3.63) is 58.4 Å². The molecule has 0 aliphatic heterocycles. The lowest BCUT2D eigenvalue weighted by molar-refractivity contribution is 0.0956. The highest BCUT2D eigenvalue weighted by Crippen LogP contribution is 2.22. The van der Waals surface area contributed by atoms with E-state index in [1.165, 1.54) is 4.88 Å². The van der Waals surface area contributed by atoms with Gasteiger partial charge in [0.2, 0.25) is 0 Å². The van der Waals surface area contributed by atoms with Gasteiger partial charge in [0.1, 0.15) is 0 Å². The number of carbonyl (C=O) groups is 1. The van der Waals surface area contributed by atoms with Crippen LogP contribution in [0.2, 0.25) is 0 Å². The molecule has 0 saturated carbocycles. The van der Waals surface area contributed by atoms with Gasteiger partial charge in [-0.2, -0.15) is 0 Å². The van der Waals surface area contributed by atoms with Gasteiger partial charge >= 0.3 is 0 Å². The topological polar surface area (TPSA) is 42.0 Å². The van der Waals surface area contributed by atoms with Crippen LogP contribution in [0.15, 0.2) is 52.9 Å². The molecule has 5 heteroatoms. The van der Waals surface area contributed by atoms with Crippen molar-refractivity contribution >= 4 is 40.8 Å². The van der Waals surface area contributed by atoms with E-state index < -0.39 is 0 Å². The van der Waals surface area contributed by atoms with Gasteiger partial charge in [0, 0.05) is 27.9 Å². The van der Waals surface area contributed by atoms with Gasteiger partial charge in [-0.05, 0) is 30.0 Å². The Labute approximate surface area is 132 Å². The van der Waals surface area contributed by atoms with Gasteiger partial charge in [0.25, 0.3) is 5.91 Å². The van der Waals surface area contributed by atoms with E-state index in [2.05, 4.69) is 29.0 Å². The zero-order valence-corrected chi connectivity index (χ0v) is 13.0. The van der Waals surface area contributed by atoms with Gasteiger partial charge in [-0.15, -0.1) is 24.0 Å². The van der Waals surface area contributed by atoms with E-state index in [4.69, 9.17) is 0 Å². The quantitative estimate of drug-likeness (QED) is 0.723. The standard InChI is InChI=1S/C16H14N2OS2/c19-16(18-8-6-11-3-2-10-21-11)13-7-9-17-15-12(13)4-1-5-14(15)20/h1-5,7,9-10,20H,6,8H2,(H,18,19). The second-order valence-electron chi connectivity index (χ2n) is 4.62. The summed E-state index contributed by atoms with van der Waals surface area (Å²) in [6.45, 7) is 0.629. The highest BCUT2D eigenvalue weighted by atomic mass is 32.1. The highest BCUT2D eigenvalue weighted by Gasteiger charge is 2.11. The summed E-state index contributed by atoms with van der Waals surface area (Å²) < 4.78 is 0. The van der Waals surface area contributed by atoms with E-state index in [1.807, 2.05) is 29.6 Å². The Kier molecular flexibility index (Phi) is 4.22. The van der Waals surface area contributed by atoms with Crippen molar-refractivity contribution in [2.75, 3.05) is 6.54 Å². The minimum atomic E-state index is -0.0714. The molecule has 0 atom stereocenters. The number of hydrogen-bond donors (Lipinski definition) is 2. The molecular formula is C16H14N2OS2. The summed E-state index contributed by atoms with van der Waals surface area (Å²) in [5, 5.41) is 5.84. The second kappa shape index (κ2) is 6.28. The molecule has 3 rings (SSSR count). The molecule has 0 unspecified atom stereocenters. The average molecular weight is 314 g/mol. The van der Waals surface area contributed by atoms with Gasteiger partial charge in [0.15, 0.2) is 0 Å². The molecule has 0 spiro atoms. The molecule has 3 nitrogen and oxygen atoms in total. The summed E-state index contributed by atoms with van der Waals surface area (Å²) in [6.07, 6.45) is 2.50. The number of nitrogens with zero attached hydrogens (tertiary/aromatic N) is 1. The molecule has 3 aromatic rings. The number of nitrogens with one attached hydrogen (secondary N) is 1. The zero-order valence-electron chi connectivity index (χ0n) is 11.2. The van der Waals surface area contributed by atoms with Crippen LogP contribution in [0.4, 0.5) is 0 Å². The molecule has 2 heterocycles. The van der Waals surface area contributed by atoms with Crippen molar-refractivity contribution in [1.29, 1.82) is 0 Å². The Bertz CT molecular complexity index is 769.